The molecule has 1 aliphatic rings. The van der Waals surface area contributed by atoms with Crippen molar-refractivity contribution in [3.63, 3.8) is 0 Å². The van der Waals surface area contributed by atoms with Gasteiger partial charge in [-0.2, -0.15) is 0 Å². The molecule has 0 aliphatic heterocycles. The highest BCUT2D eigenvalue weighted by molar-refractivity contribution is 5.76. The van der Waals surface area contributed by atoms with Crippen molar-refractivity contribution in [1.29, 1.82) is 0 Å². The number of hydrogen-bond acceptors (Lipinski definition) is 1. The van der Waals surface area contributed by atoms with Gasteiger partial charge in [-0.1, -0.05) is 75.4 Å². The number of benzene rings is 1. The van der Waals surface area contributed by atoms with Crippen LogP contribution in [-0.2, 0) is 0 Å². The highest BCUT2D eigenvalue weighted by atomic mass is 16.2. The maximum atomic E-state index is 12.1. The Balaban J connectivity index is 2.00. The summed E-state index contributed by atoms with van der Waals surface area (Å²) in [5.41, 5.74) is 3.77. The standard InChI is InChI=1S/C23H32N2O/c1-6-25(7-2)22(26)24-17-18(3)19-10-12-21(13-11-19)20-9-8-15-23(4,5)16-14-20/h8-16,18H,6-7,17H2,1-5H3,(H,24,26). The van der Waals surface area contributed by atoms with Crippen LogP contribution in [0.15, 0.2) is 54.6 Å². The fraction of sp³-hybridized carbons (Fsp3) is 0.435. The molecule has 26 heavy (non-hydrogen) atoms. The summed E-state index contributed by atoms with van der Waals surface area (Å²) in [5.74, 6) is 0.279. The van der Waals surface area contributed by atoms with Gasteiger partial charge in [0.2, 0.25) is 0 Å². The van der Waals surface area contributed by atoms with E-state index < -0.39 is 0 Å². The number of allylic oxidation sites excluding steroid dienone is 6. The predicted molar refractivity (Wildman–Crippen MR) is 111 cm³/mol. The Kier molecular flexibility index (Phi) is 6.84. The first-order chi connectivity index (χ1) is 12.4. The molecule has 0 fully saturated rings. The second kappa shape index (κ2) is 8.88. The molecule has 2 amide bonds. The molecule has 3 heteroatoms. The lowest BCUT2D eigenvalue weighted by molar-refractivity contribution is 0.203. The van der Waals surface area contributed by atoms with Crippen LogP contribution in [-0.4, -0.2) is 30.6 Å². The molecule has 140 valence electrons. The van der Waals surface area contributed by atoms with Crippen LogP contribution in [0.1, 0.15) is 51.7 Å². The third-order valence-corrected chi connectivity index (χ3v) is 4.92. The summed E-state index contributed by atoms with van der Waals surface area (Å²) < 4.78 is 0. The summed E-state index contributed by atoms with van der Waals surface area (Å²) in [7, 11) is 0. The first-order valence-electron chi connectivity index (χ1n) is 9.58. The van der Waals surface area contributed by atoms with E-state index in [2.05, 4.69) is 80.7 Å². The summed E-state index contributed by atoms with van der Waals surface area (Å²) in [6, 6.07) is 8.68. The summed E-state index contributed by atoms with van der Waals surface area (Å²) in [4.78, 5) is 13.9. The molecule has 1 aromatic carbocycles. The molecular weight excluding hydrogens is 320 g/mol. The number of carbonyl (C=O) groups is 1. The fourth-order valence-electron chi connectivity index (χ4n) is 2.99. The van der Waals surface area contributed by atoms with Crippen molar-refractivity contribution in [1.82, 2.24) is 10.2 Å². The first kappa shape index (κ1) is 20.0. The number of nitrogens with one attached hydrogen (secondary N) is 1. The lowest BCUT2D eigenvalue weighted by Gasteiger charge is -2.21. The maximum absolute atomic E-state index is 12.1. The second-order valence-electron chi connectivity index (χ2n) is 7.52. The van der Waals surface area contributed by atoms with E-state index in [0.29, 0.717) is 6.54 Å². The van der Waals surface area contributed by atoms with E-state index in [0.717, 1.165) is 13.1 Å². The molecule has 0 radical (unpaired) electrons. The number of urea groups is 1. The Hall–Kier alpha value is -2.29. The Morgan fingerprint density at radius 2 is 1.77 bits per heavy atom. The van der Waals surface area contributed by atoms with Crippen LogP contribution in [0.5, 0.6) is 0 Å². The normalized spacial score (nSPS) is 16.6. The molecule has 0 saturated heterocycles. The van der Waals surface area contributed by atoms with Gasteiger partial charge in [0, 0.05) is 25.0 Å². The van der Waals surface area contributed by atoms with Gasteiger partial charge in [0.25, 0.3) is 0 Å². The molecular formula is C23H32N2O. The fourth-order valence-corrected chi connectivity index (χ4v) is 2.99. The maximum Gasteiger partial charge on any atom is 0.317 e. The molecule has 0 bridgehead atoms. The van der Waals surface area contributed by atoms with Gasteiger partial charge in [0.15, 0.2) is 0 Å². The van der Waals surface area contributed by atoms with E-state index >= 15 is 0 Å². The van der Waals surface area contributed by atoms with Crippen LogP contribution in [0.3, 0.4) is 0 Å². The van der Waals surface area contributed by atoms with Gasteiger partial charge in [-0.15, -0.1) is 0 Å². The molecule has 0 heterocycles. The van der Waals surface area contributed by atoms with Gasteiger partial charge < -0.3 is 10.2 Å². The monoisotopic (exact) mass is 352 g/mol. The quantitative estimate of drug-likeness (QED) is 0.733. The van der Waals surface area contributed by atoms with Crippen molar-refractivity contribution < 1.29 is 4.79 Å². The van der Waals surface area contributed by atoms with Crippen LogP contribution < -0.4 is 5.32 Å². The third-order valence-electron chi connectivity index (χ3n) is 4.92. The number of rotatable bonds is 6. The molecule has 0 saturated carbocycles. The van der Waals surface area contributed by atoms with Gasteiger partial charge >= 0.3 is 6.03 Å². The zero-order valence-electron chi connectivity index (χ0n) is 16.8. The number of amides is 2. The molecule has 2 rings (SSSR count). The Labute approximate surface area is 158 Å². The van der Waals surface area contributed by atoms with Crippen LogP contribution in [0.25, 0.3) is 5.57 Å². The zero-order chi connectivity index (χ0) is 19.2. The van der Waals surface area contributed by atoms with Crippen LogP contribution >= 0.6 is 0 Å². The topological polar surface area (TPSA) is 32.3 Å². The van der Waals surface area contributed by atoms with E-state index in [1.165, 1.54) is 16.7 Å². The van der Waals surface area contributed by atoms with Crippen LogP contribution in [0.4, 0.5) is 4.79 Å². The van der Waals surface area contributed by atoms with Gasteiger partial charge in [-0.3, -0.25) is 0 Å². The second-order valence-corrected chi connectivity index (χ2v) is 7.52. The molecule has 1 aliphatic carbocycles. The number of hydrogen-bond donors (Lipinski definition) is 1. The van der Waals surface area contributed by atoms with Gasteiger partial charge in [0.05, 0.1) is 0 Å². The van der Waals surface area contributed by atoms with Crippen molar-refractivity contribution in [2.75, 3.05) is 19.6 Å². The number of carbonyl (C=O) groups excluding carboxylic acids is 1. The summed E-state index contributed by atoms with van der Waals surface area (Å²) in [5, 5.41) is 3.03. The lowest BCUT2D eigenvalue weighted by atomic mass is 9.92. The van der Waals surface area contributed by atoms with Crippen molar-refractivity contribution in [2.24, 2.45) is 5.41 Å². The van der Waals surface area contributed by atoms with Crippen molar-refractivity contribution in [2.45, 2.75) is 40.5 Å². The van der Waals surface area contributed by atoms with Gasteiger partial charge in [-0.25, -0.2) is 4.79 Å². The first-order valence-corrected chi connectivity index (χ1v) is 9.58. The number of nitrogens with zero attached hydrogens (tertiary/aromatic N) is 1. The molecule has 0 spiro atoms. The Bertz CT molecular complexity index is 691. The average Bonchev–Trinajstić information content (AvgIpc) is 2.81. The molecule has 1 unspecified atom stereocenters. The minimum atomic E-state index is 0.0154. The Morgan fingerprint density at radius 1 is 1.12 bits per heavy atom. The highest BCUT2D eigenvalue weighted by Crippen LogP contribution is 2.27. The SMILES string of the molecule is CCN(CC)C(=O)NCC(C)c1ccc(C2=CC=CC(C)(C)C=C2)cc1. The molecule has 1 N–H and O–H groups in total. The van der Waals surface area contributed by atoms with Crippen LogP contribution in [0, 0.1) is 5.41 Å². The lowest BCUT2D eigenvalue weighted by Crippen LogP contribution is -2.41. The minimum absolute atomic E-state index is 0.0154. The molecule has 0 aromatic heterocycles. The largest absolute Gasteiger partial charge is 0.337 e. The molecule has 1 aromatic rings. The molecule has 1 atom stereocenters. The zero-order valence-corrected chi connectivity index (χ0v) is 16.8. The van der Waals surface area contributed by atoms with E-state index in [9.17, 15) is 4.79 Å². The van der Waals surface area contributed by atoms with Gasteiger partial charge in [-0.05, 0) is 36.5 Å². The van der Waals surface area contributed by atoms with Crippen molar-refractivity contribution in [3.8, 4) is 0 Å². The molecule has 3 nitrogen and oxygen atoms in total. The highest BCUT2D eigenvalue weighted by Gasteiger charge is 2.13. The minimum Gasteiger partial charge on any atom is -0.337 e. The smallest absolute Gasteiger partial charge is 0.317 e. The van der Waals surface area contributed by atoms with E-state index in [4.69, 9.17) is 0 Å². The third kappa shape index (κ3) is 5.35. The van der Waals surface area contributed by atoms with E-state index in [-0.39, 0.29) is 17.4 Å². The predicted octanol–water partition coefficient (Wildman–Crippen LogP) is 5.38. The summed E-state index contributed by atoms with van der Waals surface area (Å²) in [6.45, 7) is 12.7. The Morgan fingerprint density at radius 3 is 2.38 bits per heavy atom. The average molecular weight is 353 g/mol. The van der Waals surface area contributed by atoms with Crippen molar-refractivity contribution >= 4 is 11.6 Å². The van der Waals surface area contributed by atoms with Crippen molar-refractivity contribution in [3.05, 3.63) is 65.8 Å². The van der Waals surface area contributed by atoms with E-state index in [1.54, 1.807) is 4.90 Å². The van der Waals surface area contributed by atoms with E-state index in [1.807, 2.05) is 13.8 Å². The van der Waals surface area contributed by atoms with Crippen LogP contribution in [0.2, 0.25) is 0 Å². The summed E-state index contributed by atoms with van der Waals surface area (Å²) in [6.07, 6.45) is 10.9. The summed E-state index contributed by atoms with van der Waals surface area (Å²) >= 11 is 0. The van der Waals surface area contributed by atoms with Gasteiger partial charge in [0.1, 0.15) is 0 Å².